The van der Waals surface area contributed by atoms with Gasteiger partial charge in [-0.25, -0.2) is 12.5 Å². The molecule has 9 heteroatoms. The molecular weight excluding hydrogens is 491 g/mol. The topological polar surface area (TPSA) is 58.6 Å². The minimum Gasteiger partial charge on any atom is -0.319 e. The summed E-state index contributed by atoms with van der Waals surface area (Å²) in [5, 5.41) is 2.86. The normalized spacial score (nSPS) is 18.9. The van der Waals surface area contributed by atoms with Crippen molar-refractivity contribution in [1.82, 2.24) is 5.09 Å². The molecule has 0 aromatic heterocycles. The van der Waals surface area contributed by atoms with Crippen LogP contribution in [0.15, 0.2) is 28.7 Å². The van der Waals surface area contributed by atoms with Crippen LogP contribution in [-0.2, 0) is 26.4 Å². The number of nitrogens with one attached hydrogen (secondary N) is 1. The van der Waals surface area contributed by atoms with Gasteiger partial charge in [0.2, 0.25) is 16.6 Å². The minimum absolute atomic E-state index is 0.112. The number of rotatable bonds is 11. The van der Waals surface area contributed by atoms with E-state index in [1.807, 2.05) is 38.1 Å². The molecule has 0 saturated heterocycles. The molecule has 2 unspecified atom stereocenters. The van der Waals surface area contributed by atoms with Crippen molar-refractivity contribution in [2.24, 2.45) is 0 Å². The molecule has 5 nitrogen and oxygen atoms in total. The van der Waals surface area contributed by atoms with Crippen molar-refractivity contribution >= 4 is 50.0 Å². The number of anilines is 1. The van der Waals surface area contributed by atoms with Gasteiger partial charge in [-0.1, -0.05) is 61.9 Å². The number of halogens is 1. The molecule has 0 radical (unpaired) electrons. The molecule has 29 heavy (non-hydrogen) atoms. The van der Waals surface area contributed by atoms with E-state index in [1.165, 1.54) is 4.08 Å². The molecule has 1 aliphatic rings. The summed E-state index contributed by atoms with van der Waals surface area (Å²) < 4.78 is 36.4. The molecule has 0 bridgehead atoms. The predicted octanol–water partition coefficient (Wildman–Crippen LogP) is 6.35. The maximum Gasteiger partial charge on any atom is 0.244 e. The Hall–Kier alpha value is 0.0200. The average Bonchev–Trinajstić information content (AvgIpc) is 2.68. The van der Waals surface area contributed by atoms with Gasteiger partial charge < -0.3 is 4.52 Å². The molecule has 0 amide bonds. The SMILES string of the molecule is CCCCC(C)OP(=S)(NCC)N(c1ccc(Br)cc1)S(=O)(=O)C1CCCCC1. The van der Waals surface area contributed by atoms with E-state index in [1.54, 1.807) is 0 Å². The van der Waals surface area contributed by atoms with E-state index in [0.717, 1.165) is 43.0 Å². The molecular formula is C20H34BrN2O3PS2. The fourth-order valence-corrected chi connectivity index (χ4v) is 11.1. The van der Waals surface area contributed by atoms with Crippen molar-refractivity contribution in [3.63, 3.8) is 0 Å². The molecule has 0 heterocycles. The molecule has 2 atom stereocenters. The fraction of sp³-hybridized carbons (Fsp3) is 0.700. The predicted molar refractivity (Wildman–Crippen MR) is 130 cm³/mol. The quantitative estimate of drug-likeness (QED) is 0.342. The minimum atomic E-state index is -3.66. The zero-order chi connectivity index (χ0) is 21.5. The van der Waals surface area contributed by atoms with E-state index >= 15 is 0 Å². The van der Waals surface area contributed by atoms with Crippen LogP contribution >= 0.6 is 22.5 Å². The van der Waals surface area contributed by atoms with Gasteiger partial charge in [-0.2, -0.15) is 0 Å². The Balaban J connectivity index is 2.50. The van der Waals surface area contributed by atoms with E-state index < -0.39 is 21.8 Å². The lowest BCUT2D eigenvalue weighted by atomic mass is 10.0. The summed E-state index contributed by atoms with van der Waals surface area (Å²) in [6.07, 6.45) is 7.18. The largest absolute Gasteiger partial charge is 0.319 e. The van der Waals surface area contributed by atoms with Crippen molar-refractivity contribution in [2.75, 3.05) is 10.6 Å². The Bertz CT molecular complexity index is 783. The lowest BCUT2D eigenvalue weighted by Gasteiger charge is -2.39. The molecule has 1 N–H and O–H groups in total. The van der Waals surface area contributed by atoms with Crippen LogP contribution in [0.4, 0.5) is 5.69 Å². The van der Waals surface area contributed by atoms with Gasteiger partial charge >= 0.3 is 0 Å². The summed E-state index contributed by atoms with van der Waals surface area (Å²) in [5.41, 5.74) is 0.575. The summed E-state index contributed by atoms with van der Waals surface area (Å²) in [6, 6.07) is 7.32. The lowest BCUT2D eigenvalue weighted by molar-refractivity contribution is 0.227. The third-order valence-electron chi connectivity index (χ3n) is 5.15. The monoisotopic (exact) mass is 524 g/mol. The van der Waals surface area contributed by atoms with Crippen LogP contribution in [0.2, 0.25) is 0 Å². The van der Waals surface area contributed by atoms with Crippen LogP contribution in [0.1, 0.15) is 72.1 Å². The summed E-state index contributed by atoms with van der Waals surface area (Å²) in [5.74, 6) is 0. The first-order valence-electron chi connectivity index (χ1n) is 10.6. The molecule has 0 aliphatic heterocycles. The Kier molecular flexibility index (Phi) is 10.1. The number of hydrogen-bond donors (Lipinski definition) is 1. The second kappa shape index (κ2) is 11.6. The zero-order valence-electron chi connectivity index (χ0n) is 17.6. The highest BCUT2D eigenvalue weighted by molar-refractivity contribution is 9.10. The smallest absolute Gasteiger partial charge is 0.244 e. The van der Waals surface area contributed by atoms with Crippen molar-refractivity contribution in [1.29, 1.82) is 0 Å². The highest BCUT2D eigenvalue weighted by Gasteiger charge is 2.42. The van der Waals surface area contributed by atoms with Crippen molar-refractivity contribution in [2.45, 2.75) is 83.5 Å². The first-order valence-corrected chi connectivity index (χ1v) is 15.5. The second-order valence-corrected chi connectivity index (χ2v) is 14.3. The molecule has 1 aliphatic carbocycles. The standard InChI is InChI=1S/C20H34BrN2O3PS2/c1-4-6-10-17(3)26-27(28,22-5-2)23(19-15-13-18(21)14-16-19)29(24,25)20-11-8-7-9-12-20/h13-17,20H,4-12H2,1-3H3,(H,22,28). The van der Waals surface area contributed by atoms with Crippen LogP contribution in [0.25, 0.3) is 0 Å². The Labute approximate surface area is 190 Å². The fourth-order valence-electron chi connectivity index (χ4n) is 3.65. The summed E-state index contributed by atoms with van der Waals surface area (Å²) in [7, 11) is -3.66. The zero-order valence-corrected chi connectivity index (χ0v) is 21.8. The van der Waals surface area contributed by atoms with Gasteiger partial charge in [-0.05, 0) is 62.3 Å². The van der Waals surface area contributed by atoms with Gasteiger partial charge in [0.25, 0.3) is 0 Å². The first kappa shape index (κ1) is 25.3. The molecule has 0 spiro atoms. The van der Waals surface area contributed by atoms with E-state index in [0.29, 0.717) is 25.1 Å². The van der Waals surface area contributed by atoms with Crippen molar-refractivity contribution < 1.29 is 12.9 Å². The first-order chi connectivity index (χ1) is 13.7. The van der Waals surface area contributed by atoms with Crippen LogP contribution < -0.4 is 9.16 Å². The van der Waals surface area contributed by atoms with Gasteiger partial charge in [0.1, 0.15) is 0 Å². The Morgan fingerprint density at radius 1 is 1.24 bits per heavy atom. The number of benzene rings is 1. The summed E-state index contributed by atoms with van der Waals surface area (Å²) in [6.45, 7) is 3.57. The van der Waals surface area contributed by atoms with Gasteiger partial charge in [0.05, 0.1) is 17.0 Å². The number of sulfonamides is 1. The highest BCUT2D eigenvalue weighted by Crippen LogP contribution is 2.54. The molecule has 1 aromatic rings. The van der Waals surface area contributed by atoms with E-state index in [2.05, 4.69) is 27.9 Å². The molecule has 2 rings (SSSR count). The van der Waals surface area contributed by atoms with E-state index in [-0.39, 0.29) is 6.10 Å². The van der Waals surface area contributed by atoms with Gasteiger partial charge in [-0.15, -0.1) is 0 Å². The third-order valence-corrected chi connectivity index (χ3v) is 12.6. The van der Waals surface area contributed by atoms with Crippen LogP contribution in [0.3, 0.4) is 0 Å². The van der Waals surface area contributed by atoms with Crippen LogP contribution in [0, 0.1) is 0 Å². The van der Waals surface area contributed by atoms with Gasteiger partial charge in [0, 0.05) is 11.0 Å². The second-order valence-electron chi connectivity index (χ2n) is 7.61. The van der Waals surface area contributed by atoms with Crippen molar-refractivity contribution in [3.05, 3.63) is 28.7 Å². The Morgan fingerprint density at radius 3 is 2.41 bits per heavy atom. The highest BCUT2D eigenvalue weighted by atomic mass is 79.9. The number of nitrogens with zero attached hydrogens (tertiary/aromatic N) is 1. The van der Waals surface area contributed by atoms with E-state index in [4.69, 9.17) is 16.3 Å². The van der Waals surface area contributed by atoms with Gasteiger partial charge in [0.15, 0.2) is 0 Å². The maximum atomic E-state index is 13.8. The van der Waals surface area contributed by atoms with Gasteiger partial charge in [-0.3, -0.25) is 5.09 Å². The lowest BCUT2D eigenvalue weighted by Crippen LogP contribution is -2.42. The van der Waals surface area contributed by atoms with Crippen LogP contribution in [-0.4, -0.2) is 26.3 Å². The molecule has 1 saturated carbocycles. The molecule has 1 fully saturated rings. The Morgan fingerprint density at radius 2 is 1.86 bits per heavy atom. The third kappa shape index (κ3) is 6.75. The van der Waals surface area contributed by atoms with Crippen molar-refractivity contribution in [3.8, 4) is 0 Å². The maximum absolute atomic E-state index is 13.8. The number of unbranched alkanes of at least 4 members (excludes halogenated alkanes) is 1. The average molecular weight is 526 g/mol. The molecule has 1 aromatic carbocycles. The molecule has 166 valence electrons. The summed E-state index contributed by atoms with van der Waals surface area (Å²) >= 11 is 9.43. The van der Waals surface area contributed by atoms with Crippen LogP contribution in [0.5, 0.6) is 0 Å². The number of hydrogen-bond acceptors (Lipinski definition) is 4. The summed E-state index contributed by atoms with van der Waals surface area (Å²) in [4.78, 5) is 0. The van der Waals surface area contributed by atoms with E-state index in [9.17, 15) is 8.42 Å².